The lowest BCUT2D eigenvalue weighted by molar-refractivity contribution is 0.250. The number of ether oxygens (including phenoxy) is 1. The number of hydrogen-bond acceptors (Lipinski definition) is 4. The molecular weight excluding hydrogens is 370 g/mol. The van der Waals surface area contributed by atoms with E-state index in [-0.39, 0.29) is 17.8 Å². The van der Waals surface area contributed by atoms with Crippen LogP contribution in [0.5, 0.6) is 11.5 Å². The quantitative estimate of drug-likeness (QED) is 0.623. The van der Waals surface area contributed by atoms with Crippen LogP contribution in [0.15, 0.2) is 17.1 Å². The molecule has 0 atom stereocenters. The first kappa shape index (κ1) is 20.4. The molecular formula is C21H27N5O3. The van der Waals surface area contributed by atoms with Crippen LogP contribution >= 0.6 is 0 Å². The first-order chi connectivity index (χ1) is 13.6. The number of amides is 2. The maximum absolute atomic E-state index is 12.2. The van der Waals surface area contributed by atoms with Gasteiger partial charge in [-0.15, -0.1) is 0 Å². The van der Waals surface area contributed by atoms with Crippen LogP contribution in [-0.4, -0.2) is 26.6 Å². The first-order valence-electron chi connectivity index (χ1n) is 9.51. The van der Waals surface area contributed by atoms with Gasteiger partial charge in [0.05, 0.1) is 0 Å². The number of aryl methyl sites for hydroxylation is 1. The number of pyridine rings is 1. The van der Waals surface area contributed by atoms with Crippen LogP contribution in [0.4, 0.5) is 10.5 Å². The normalized spacial score (nSPS) is 11.2. The Morgan fingerprint density at radius 3 is 2.34 bits per heavy atom. The molecule has 8 heteroatoms. The summed E-state index contributed by atoms with van der Waals surface area (Å²) in [6.45, 7) is 11.6. The van der Waals surface area contributed by atoms with E-state index < -0.39 is 0 Å². The minimum absolute atomic E-state index is 0.0440. The molecule has 0 bridgehead atoms. The van der Waals surface area contributed by atoms with Crippen molar-refractivity contribution in [2.24, 2.45) is 7.05 Å². The number of carbonyl (C=O) groups excluding carboxylic acids is 1. The zero-order valence-corrected chi connectivity index (χ0v) is 17.9. The summed E-state index contributed by atoms with van der Waals surface area (Å²) in [5.74, 6) is 1.22. The molecule has 0 radical (unpaired) electrons. The summed E-state index contributed by atoms with van der Waals surface area (Å²) in [7, 11) is 1.66. The highest BCUT2D eigenvalue weighted by molar-refractivity contribution is 5.92. The lowest BCUT2D eigenvalue weighted by atomic mass is 9.97. The van der Waals surface area contributed by atoms with Crippen LogP contribution in [0.25, 0.3) is 11.2 Å². The van der Waals surface area contributed by atoms with Crippen molar-refractivity contribution >= 4 is 22.9 Å². The van der Waals surface area contributed by atoms with Gasteiger partial charge in [0.15, 0.2) is 11.4 Å². The summed E-state index contributed by atoms with van der Waals surface area (Å²) < 4.78 is 7.70. The molecule has 2 heterocycles. The van der Waals surface area contributed by atoms with Crippen LogP contribution in [0.1, 0.15) is 36.1 Å². The van der Waals surface area contributed by atoms with E-state index in [1.54, 1.807) is 19.3 Å². The van der Waals surface area contributed by atoms with Crippen LogP contribution in [0.2, 0.25) is 0 Å². The number of rotatable bonds is 4. The van der Waals surface area contributed by atoms with Crippen molar-refractivity contribution < 1.29 is 9.53 Å². The third-order valence-corrected chi connectivity index (χ3v) is 5.17. The van der Waals surface area contributed by atoms with Gasteiger partial charge in [0.2, 0.25) is 0 Å². The Hall–Kier alpha value is -3.29. The van der Waals surface area contributed by atoms with Crippen molar-refractivity contribution in [1.82, 2.24) is 19.9 Å². The van der Waals surface area contributed by atoms with E-state index in [9.17, 15) is 9.59 Å². The molecule has 0 unspecified atom stereocenters. The molecule has 0 aliphatic heterocycles. The molecule has 0 aliphatic rings. The summed E-state index contributed by atoms with van der Waals surface area (Å²) in [6, 6.07) is 1.53. The smallest absolute Gasteiger partial charge is 0.327 e. The average Bonchev–Trinajstić information content (AvgIpc) is 2.95. The Bertz CT molecular complexity index is 1130. The zero-order valence-electron chi connectivity index (χ0n) is 17.9. The van der Waals surface area contributed by atoms with E-state index in [1.165, 1.54) is 4.57 Å². The fourth-order valence-corrected chi connectivity index (χ4v) is 3.32. The first-order valence-corrected chi connectivity index (χ1v) is 9.51. The van der Waals surface area contributed by atoms with Crippen molar-refractivity contribution in [3.63, 3.8) is 0 Å². The molecule has 0 fully saturated rings. The standard InChI is InChI=1S/C21H27N5O3/c1-10(2)23-20(27)24-16-11(3)13(5)18(14(6)12(16)4)29-15-8-9-22-19-17(15)25-21(28)26(19)7/h8-10H,1-7H3,(H,25,28)(H2,23,24,27). The van der Waals surface area contributed by atoms with Crippen molar-refractivity contribution in [2.45, 2.75) is 47.6 Å². The summed E-state index contributed by atoms with van der Waals surface area (Å²) in [5.41, 5.74) is 5.28. The number of carbonyl (C=O) groups is 1. The Labute approximate surface area is 169 Å². The van der Waals surface area contributed by atoms with E-state index in [0.29, 0.717) is 22.7 Å². The Balaban J connectivity index is 2.05. The van der Waals surface area contributed by atoms with E-state index in [1.807, 2.05) is 41.5 Å². The fraction of sp³-hybridized carbons (Fsp3) is 0.381. The summed E-state index contributed by atoms with van der Waals surface area (Å²) in [6.07, 6.45) is 1.61. The topological polar surface area (TPSA) is 101 Å². The maximum Gasteiger partial charge on any atom is 0.327 e. The highest BCUT2D eigenvalue weighted by atomic mass is 16.5. The van der Waals surface area contributed by atoms with E-state index >= 15 is 0 Å². The van der Waals surface area contributed by atoms with Crippen LogP contribution < -0.4 is 21.1 Å². The van der Waals surface area contributed by atoms with E-state index in [0.717, 1.165) is 27.9 Å². The van der Waals surface area contributed by atoms with Gasteiger partial charge in [-0.1, -0.05) is 0 Å². The average molecular weight is 397 g/mol. The second-order valence-corrected chi connectivity index (χ2v) is 7.56. The minimum Gasteiger partial charge on any atom is -0.454 e. The third kappa shape index (κ3) is 3.70. The van der Waals surface area contributed by atoms with E-state index in [4.69, 9.17) is 4.74 Å². The van der Waals surface area contributed by atoms with Gasteiger partial charge in [0, 0.05) is 31.0 Å². The monoisotopic (exact) mass is 397 g/mol. The van der Waals surface area contributed by atoms with Crippen molar-refractivity contribution in [2.75, 3.05) is 5.32 Å². The van der Waals surface area contributed by atoms with Gasteiger partial charge >= 0.3 is 11.7 Å². The summed E-state index contributed by atoms with van der Waals surface area (Å²) >= 11 is 0. The zero-order chi connectivity index (χ0) is 21.5. The van der Waals surface area contributed by atoms with Crippen molar-refractivity contribution in [3.8, 4) is 11.5 Å². The molecule has 0 saturated carbocycles. The molecule has 1 aromatic carbocycles. The second-order valence-electron chi connectivity index (χ2n) is 7.56. The molecule has 0 saturated heterocycles. The fourth-order valence-electron chi connectivity index (χ4n) is 3.32. The Morgan fingerprint density at radius 1 is 1.14 bits per heavy atom. The van der Waals surface area contributed by atoms with Gasteiger partial charge in [-0.25, -0.2) is 14.6 Å². The number of nitrogens with one attached hydrogen (secondary N) is 3. The number of nitrogens with zero attached hydrogens (tertiary/aromatic N) is 2. The minimum atomic E-state index is -0.250. The number of fused-ring (bicyclic) bond motifs is 1. The Morgan fingerprint density at radius 2 is 1.76 bits per heavy atom. The number of anilines is 1. The van der Waals surface area contributed by atoms with Crippen LogP contribution in [0.3, 0.4) is 0 Å². The van der Waals surface area contributed by atoms with Crippen LogP contribution in [-0.2, 0) is 7.05 Å². The maximum atomic E-state index is 12.2. The number of H-pyrrole nitrogens is 1. The highest BCUT2D eigenvalue weighted by Gasteiger charge is 2.20. The molecule has 2 aromatic heterocycles. The molecule has 2 amide bonds. The summed E-state index contributed by atoms with van der Waals surface area (Å²) in [5, 5.41) is 5.80. The number of urea groups is 1. The number of hydrogen-bond donors (Lipinski definition) is 3. The molecule has 3 N–H and O–H groups in total. The van der Waals surface area contributed by atoms with Gasteiger partial charge in [0.25, 0.3) is 0 Å². The number of aromatic amines is 1. The van der Waals surface area contributed by atoms with Gasteiger partial charge in [0.1, 0.15) is 11.3 Å². The number of imidazole rings is 1. The van der Waals surface area contributed by atoms with Crippen molar-refractivity contribution in [3.05, 3.63) is 45.0 Å². The molecule has 0 spiro atoms. The number of benzene rings is 1. The van der Waals surface area contributed by atoms with Gasteiger partial charge in [-0.05, 0) is 63.8 Å². The van der Waals surface area contributed by atoms with Gasteiger partial charge in [-0.3, -0.25) is 4.57 Å². The predicted octanol–water partition coefficient (Wildman–Crippen LogP) is 3.82. The molecule has 29 heavy (non-hydrogen) atoms. The molecule has 3 aromatic rings. The van der Waals surface area contributed by atoms with E-state index in [2.05, 4.69) is 20.6 Å². The number of aromatic nitrogens is 3. The third-order valence-electron chi connectivity index (χ3n) is 5.17. The molecule has 8 nitrogen and oxygen atoms in total. The highest BCUT2D eigenvalue weighted by Crippen LogP contribution is 2.39. The second kappa shape index (κ2) is 7.62. The Kier molecular flexibility index (Phi) is 5.37. The van der Waals surface area contributed by atoms with Gasteiger partial charge in [-0.2, -0.15) is 0 Å². The molecule has 154 valence electrons. The lowest BCUT2D eigenvalue weighted by Gasteiger charge is -2.21. The van der Waals surface area contributed by atoms with Crippen molar-refractivity contribution in [1.29, 1.82) is 0 Å². The largest absolute Gasteiger partial charge is 0.454 e. The van der Waals surface area contributed by atoms with Gasteiger partial charge < -0.3 is 20.4 Å². The molecule has 3 rings (SSSR count). The molecule has 0 aliphatic carbocycles. The lowest BCUT2D eigenvalue weighted by Crippen LogP contribution is -2.34. The SMILES string of the molecule is Cc1c(C)c(Oc2ccnc3c2[nH]c(=O)n3C)c(C)c(C)c1NC(=O)NC(C)C. The predicted molar refractivity (Wildman–Crippen MR) is 114 cm³/mol. The van der Waals surface area contributed by atoms with Crippen LogP contribution in [0, 0.1) is 27.7 Å². The summed E-state index contributed by atoms with van der Waals surface area (Å²) in [4.78, 5) is 31.2.